The molecule has 1 aromatic heterocycles. The van der Waals surface area contributed by atoms with Crippen LogP contribution in [0.2, 0.25) is 0 Å². The maximum absolute atomic E-state index is 12.4. The van der Waals surface area contributed by atoms with Gasteiger partial charge in [-0.1, -0.05) is 0 Å². The zero-order valence-electron chi connectivity index (χ0n) is 14.0. The minimum absolute atomic E-state index is 0. The molecule has 2 aromatic rings. The Hall–Kier alpha value is -1.76. The molecule has 0 saturated heterocycles. The highest BCUT2D eigenvalue weighted by molar-refractivity contribution is 5.92. The summed E-state index contributed by atoms with van der Waals surface area (Å²) in [5.74, 6) is -0.0825. The fourth-order valence-corrected chi connectivity index (χ4v) is 3.06. The standard InChI is InChI=1S/C17H21N3O3.2ClH/c1-2-23-17(22)16-14-6-4-11-10-12(21)5-7-13(11)15(14)19-20(16)9-3-8-18;;/h5,7,10,21H,2-4,6,8-9,18H2,1H3;2*1H. The summed E-state index contributed by atoms with van der Waals surface area (Å²) in [6.07, 6.45) is 2.23. The summed E-state index contributed by atoms with van der Waals surface area (Å²) in [7, 11) is 0. The summed E-state index contributed by atoms with van der Waals surface area (Å²) in [6, 6.07) is 5.27. The summed E-state index contributed by atoms with van der Waals surface area (Å²) in [5, 5.41) is 14.3. The third kappa shape index (κ3) is 4.08. The molecular formula is C17H23Cl2N3O3. The van der Waals surface area contributed by atoms with E-state index in [1.54, 1.807) is 23.7 Å². The zero-order valence-corrected chi connectivity index (χ0v) is 15.7. The second kappa shape index (κ2) is 9.08. The lowest BCUT2D eigenvalue weighted by atomic mass is 9.89. The first-order valence-electron chi connectivity index (χ1n) is 7.94. The molecule has 0 radical (unpaired) electrons. The topological polar surface area (TPSA) is 90.4 Å². The molecule has 6 nitrogen and oxygen atoms in total. The molecule has 0 amide bonds. The number of halogens is 2. The van der Waals surface area contributed by atoms with Crippen LogP contribution in [0.3, 0.4) is 0 Å². The largest absolute Gasteiger partial charge is 0.508 e. The number of esters is 1. The van der Waals surface area contributed by atoms with Gasteiger partial charge < -0.3 is 15.6 Å². The highest BCUT2D eigenvalue weighted by Gasteiger charge is 2.29. The molecule has 3 N–H and O–H groups in total. The van der Waals surface area contributed by atoms with Crippen molar-refractivity contribution >= 4 is 30.8 Å². The molecule has 1 heterocycles. The van der Waals surface area contributed by atoms with Crippen LogP contribution in [-0.2, 0) is 24.1 Å². The number of aromatic nitrogens is 2. The molecule has 0 saturated carbocycles. The fourth-order valence-electron chi connectivity index (χ4n) is 3.06. The van der Waals surface area contributed by atoms with Crippen molar-refractivity contribution in [1.29, 1.82) is 0 Å². The van der Waals surface area contributed by atoms with Crippen LogP contribution in [-0.4, -0.2) is 34.0 Å². The quantitative estimate of drug-likeness (QED) is 0.769. The number of hydrogen-bond acceptors (Lipinski definition) is 5. The summed E-state index contributed by atoms with van der Waals surface area (Å²) in [4.78, 5) is 12.4. The third-order valence-corrected chi connectivity index (χ3v) is 4.08. The van der Waals surface area contributed by atoms with E-state index in [2.05, 4.69) is 5.10 Å². The van der Waals surface area contributed by atoms with Crippen LogP contribution in [0, 0.1) is 0 Å². The van der Waals surface area contributed by atoms with E-state index in [4.69, 9.17) is 10.5 Å². The highest BCUT2D eigenvalue weighted by atomic mass is 35.5. The highest BCUT2D eigenvalue weighted by Crippen LogP contribution is 2.36. The number of phenols is 1. The van der Waals surface area contributed by atoms with Gasteiger partial charge >= 0.3 is 5.97 Å². The zero-order chi connectivity index (χ0) is 16.4. The Balaban J connectivity index is 0.00000156. The van der Waals surface area contributed by atoms with Gasteiger partial charge in [0.05, 0.1) is 12.3 Å². The first-order valence-corrected chi connectivity index (χ1v) is 7.94. The predicted octanol–water partition coefficient (Wildman–Crippen LogP) is 2.72. The van der Waals surface area contributed by atoms with E-state index in [1.807, 2.05) is 6.07 Å². The van der Waals surface area contributed by atoms with E-state index >= 15 is 0 Å². The minimum atomic E-state index is -0.333. The molecule has 0 aliphatic heterocycles. The van der Waals surface area contributed by atoms with Gasteiger partial charge in [-0.15, -0.1) is 24.8 Å². The molecule has 1 aromatic carbocycles. The molecular weight excluding hydrogens is 365 g/mol. The van der Waals surface area contributed by atoms with Gasteiger partial charge in [0.15, 0.2) is 0 Å². The predicted molar refractivity (Wildman–Crippen MR) is 101 cm³/mol. The first kappa shape index (κ1) is 21.3. The molecule has 0 spiro atoms. The number of hydrogen-bond donors (Lipinski definition) is 2. The van der Waals surface area contributed by atoms with Crippen LogP contribution < -0.4 is 5.73 Å². The molecule has 1 aliphatic rings. The Morgan fingerprint density at radius 3 is 2.80 bits per heavy atom. The molecule has 0 fully saturated rings. The number of carbonyl (C=O) groups is 1. The van der Waals surface area contributed by atoms with Gasteiger partial charge in [-0.2, -0.15) is 5.10 Å². The average molecular weight is 388 g/mol. The Morgan fingerprint density at radius 1 is 1.36 bits per heavy atom. The molecule has 0 unspecified atom stereocenters. The van der Waals surface area contributed by atoms with Crippen LogP contribution in [0.5, 0.6) is 5.75 Å². The van der Waals surface area contributed by atoms with Crippen molar-refractivity contribution in [2.24, 2.45) is 5.73 Å². The number of aromatic hydroxyl groups is 1. The lowest BCUT2D eigenvalue weighted by Crippen LogP contribution is -2.17. The van der Waals surface area contributed by atoms with Gasteiger partial charge in [0.2, 0.25) is 0 Å². The van der Waals surface area contributed by atoms with E-state index in [-0.39, 0.29) is 36.5 Å². The number of carbonyl (C=O) groups excluding carboxylic acids is 1. The number of fused-ring (bicyclic) bond motifs is 3. The van der Waals surface area contributed by atoms with Gasteiger partial charge in [-0.05, 0) is 56.5 Å². The number of nitrogens with zero attached hydrogens (tertiary/aromatic N) is 2. The van der Waals surface area contributed by atoms with Crippen molar-refractivity contribution < 1.29 is 14.6 Å². The van der Waals surface area contributed by atoms with Gasteiger partial charge in [-0.3, -0.25) is 4.68 Å². The fraction of sp³-hybridized carbons (Fsp3) is 0.412. The number of benzene rings is 1. The second-order valence-electron chi connectivity index (χ2n) is 5.60. The van der Waals surface area contributed by atoms with Gasteiger partial charge in [0, 0.05) is 17.7 Å². The number of ether oxygens (including phenoxy) is 1. The van der Waals surface area contributed by atoms with E-state index in [0.29, 0.717) is 31.8 Å². The second-order valence-corrected chi connectivity index (χ2v) is 5.60. The first-order chi connectivity index (χ1) is 11.2. The Morgan fingerprint density at radius 2 is 2.12 bits per heavy atom. The number of aryl methyl sites for hydroxylation is 2. The lowest BCUT2D eigenvalue weighted by molar-refractivity contribution is 0.0510. The van der Waals surface area contributed by atoms with E-state index in [1.165, 1.54) is 0 Å². The molecule has 3 rings (SSSR count). The molecule has 138 valence electrons. The van der Waals surface area contributed by atoms with E-state index in [9.17, 15) is 9.90 Å². The van der Waals surface area contributed by atoms with E-state index < -0.39 is 0 Å². The van der Waals surface area contributed by atoms with Crippen LogP contribution in [0.4, 0.5) is 0 Å². The van der Waals surface area contributed by atoms with Crippen LogP contribution in [0.1, 0.15) is 35.0 Å². The minimum Gasteiger partial charge on any atom is -0.508 e. The third-order valence-electron chi connectivity index (χ3n) is 4.08. The normalized spacial score (nSPS) is 11.6. The Bertz CT molecular complexity index is 747. The van der Waals surface area contributed by atoms with Gasteiger partial charge in [0.1, 0.15) is 11.4 Å². The number of nitrogens with two attached hydrogens (primary N) is 1. The molecule has 0 atom stereocenters. The van der Waals surface area contributed by atoms with Crippen LogP contribution >= 0.6 is 24.8 Å². The maximum atomic E-state index is 12.4. The summed E-state index contributed by atoms with van der Waals surface area (Å²) in [6.45, 7) is 3.26. The molecule has 25 heavy (non-hydrogen) atoms. The lowest BCUT2D eigenvalue weighted by Gasteiger charge is -2.16. The molecule has 1 aliphatic carbocycles. The van der Waals surface area contributed by atoms with Crippen molar-refractivity contribution in [1.82, 2.24) is 9.78 Å². The summed E-state index contributed by atoms with van der Waals surface area (Å²) < 4.78 is 6.93. The van der Waals surface area contributed by atoms with Crippen molar-refractivity contribution in [3.63, 3.8) is 0 Å². The number of rotatable bonds is 5. The summed E-state index contributed by atoms with van der Waals surface area (Å²) in [5.41, 5.74) is 9.89. The monoisotopic (exact) mass is 387 g/mol. The average Bonchev–Trinajstić information content (AvgIpc) is 2.91. The smallest absolute Gasteiger partial charge is 0.356 e. The maximum Gasteiger partial charge on any atom is 0.356 e. The Labute approximate surface area is 159 Å². The van der Waals surface area contributed by atoms with Crippen LogP contribution in [0.25, 0.3) is 11.3 Å². The van der Waals surface area contributed by atoms with Gasteiger partial charge in [0.25, 0.3) is 0 Å². The van der Waals surface area contributed by atoms with Crippen molar-refractivity contribution in [2.45, 2.75) is 32.7 Å². The van der Waals surface area contributed by atoms with Gasteiger partial charge in [-0.25, -0.2) is 4.79 Å². The number of phenolic OH excluding ortho intramolecular Hbond substituents is 1. The molecule has 8 heteroatoms. The van der Waals surface area contributed by atoms with Crippen LogP contribution in [0.15, 0.2) is 18.2 Å². The summed E-state index contributed by atoms with van der Waals surface area (Å²) >= 11 is 0. The Kier molecular flexibility index (Phi) is 7.73. The SMILES string of the molecule is CCOC(=O)c1c2c(nn1CCCN)-c1ccc(O)cc1CC2.Cl.Cl. The van der Waals surface area contributed by atoms with Crippen molar-refractivity contribution in [2.75, 3.05) is 13.2 Å². The van der Waals surface area contributed by atoms with Crippen molar-refractivity contribution in [3.8, 4) is 17.0 Å². The molecule has 0 bridgehead atoms. The van der Waals surface area contributed by atoms with Crippen molar-refractivity contribution in [3.05, 3.63) is 35.0 Å². The van der Waals surface area contributed by atoms with E-state index in [0.717, 1.165) is 35.2 Å².